The molecular formula is C14H26N4O2S. The number of imidazole rings is 1. The van der Waals surface area contributed by atoms with Gasteiger partial charge in [-0.15, -0.1) is 0 Å². The molecule has 0 bridgehead atoms. The SMILES string of the molecule is CCCNCC1CCCCN1S(=O)(=O)c1cn(CC)cn1. The molecule has 1 saturated heterocycles. The Bertz CT molecular complexity index is 541. The quantitative estimate of drug-likeness (QED) is 0.774. The summed E-state index contributed by atoms with van der Waals surface area (Å²) in [5.74, 6) is 0. The van der Waals surface area contributed by atoms with Crippen LogP contribution in [0.5, 0.6) is 0 Å². The molecule has 0 aliphatic carbocycles. The van der Waals surface area contributed by atoms with Crippen molar-refractivity contribution < 1.29 is 8.42 Å². The van der Waals surface area contributed by atoms with Crippen LogP contribution in [0.2, 0.25) is 0 Å². The van der Waals surface area contributed by atoms with Crippen LogP contribution in [0.25, 0.3) is 0 Å². The van der Waals surface area contributed by atoms with Gasteiger partial charge in [0, 0.05) is 31.9 Å². The van der Waals surface area contributed by atoms with E-state index in [1.165, 1.54) is 0 Å². The number of nitrogens with one attached hydrogen (secondary N) is 1. The zero-order chi connectivity index (χ0) is 15.3. The molecule has 1 aromatic rings. The largest absolute Gasteiger partial charge is 0.336 e. The van der Waals surface area contributed by atoms with Crippen molar-refractivity contribution in [2.75, 3.05) is 19.6 Å². The van der Waals surface area contributed by atoms with Gasteiger partial charge in [0.1, 0.15) is 0 Å². The second-order valence-electron chi connectivity index (χ2n) is 5.51. The molecule has 120 valence electrons. The van der Waals surface area contributed by atoms with Gasteiger partial charge in [0.15, 0.2) is 5.03 Å². The predicted molar refractivity (Wildman–Crippen MR) is 82.6 cm³/mol. The van der Waals surface area contributed by atoms with Crippen molar-refractivity contribution >= 4 is 10.0 Å². The third-order valence-electron chi connectivity index (χ3n) is 3.93. The monoisotopic (exact) mass is 314 g/mol. The van der Waals surface area contributed by atoms with Gasteiger partial charge in [-0.2, -0.15) is 4.31 Å². The summed E-state index contributed by atoms with van der Waals surface area (Å²) in [5, 5.41) is 3.52. The minimum Gasteiger partial charge on any atom is -0.336 e. The van der Waals surface area contributed by atoms with Crippen molar-refractivity contribution in [3.8, 4) is 0 Å². The molecule has 21 heavy (non-hydrogen) atoms. The van der Waals surface area contributed by atoms with Crippen molar-refractivity contribution in [2.45, 2.75) is 57.1 Å². The zero-order valence-corrected chi connectivity index (χ0v) is 13.8. The van der Waals surface area contributed by atoms with Gasteiger partial charge in [-0.25, -0.2) is 13.4 Å². The summed E-state index contributed by atoms with van der Waals surface area (Å²) < 4.78 is 29.0. The molecule has 1 N–H and O–H groups in total. The van der Waals surface area contributed by atoms with Crippen LogP contribution in [0.4, 0.5) is 0 Å². The topological polar surface area (TPSA) is 67.2 Å². The third-order valence-corrected chi connectivity index (χ3v) is 5.77. The standard InChI is InChI=1S/C14H26N4O2S/c1-3-8-15-10-13-7-5-6-9-18(13)21(19,20)14-11-17(4-2)12-16-14/h11-13,15H,3-10H2,1-2H3. The van der Waals surface area contributed by atoms with Crippen molar-refractivity contribution in [1.29, 1.82) is 0 Å². The molecular weight excluding hydrogens is 288 g/mol. The number of aromatic nitrogens is 2. The first-order valence-electron chi connectivity index (χ1n) is 7.84. The molecule has 1 atom stereocenters. The average Bonchev–Trinajstić information content (AvgIpc) is 2.98. The normalized spacial score (nSPS) is 20.8. The highest BCUT2D eigenvalue weighted by atomic mass is 32.2. The van der Waals surface area contributed by atoms with E-state index >= 15 is 0 Å². The maximum absolute atomic E-state index is 12.8. The molecule has 1 unspecified atom stereocenters. The van der Waals surface area contributed by atoms with Crippen LogP contribution in [-0.4, -0.2) is 48.0 Å². The highest BCUT2D eigenvalue weighted by molar-refractivity contribution is 7.89. The summed E-state index contributed by atoms with van der Waals surface area (Å²) in [4.78, 5) is 4.08. The summed E-state index contributed by atoms with van der Waals surface area (Å²) in [7, 11) is -3.48. The van der Waals surface area contributed by atoms with Crippen molar-refractivity contribution in [2.24, 2.45) is 0 Å². The predicted octanol–water partition coefficient (Wildman–Crippen LogP) is 1.45. The molecule has 1 aromatic heterocycles. The Hall–Kier alpha value is -0.920. The molecule has 2 rings (SSSR count). The third kappa shape index (κ3) is 3.84. The summed E-state index contributed by atoms with van der Waals surface area (Å²) in [6.07, 6.45) is 7.21. The van der Waals surface area contributed by atoms with Crippen LogP contribution in [0, 0.1) is 0 Å². The lowest BCUT2D eigenvalue weighted by Gasteiger charge is -2.34. The summed E-state index contributed by atoms with van der Waals surface area (Å²) in [6.45, 7) is 7.05. The van der Waals surface area contributed by atoms with Gasteiger partial charge in [0.05, 0.1) is 6.33 Å². The molecule has 0 amide bonds. The first kappa shape index (κ1) is 16.5. The Balaban J connectivity index is 2.14. The van der Waals surface area contributed by atoms with Crippen molar-refractivity contribution in [1.82, 2.24) is 19.2 Å². The summed E-state index contributed by atoms with van der Waals surface area (Å²) in [5.41, 5.74) is 0. The van der Waals surface area contributed by atoms with Gasteiger partial charge < -0.3 is 9.88 Å². The fourth-order valence-electron chi connectivity index (χ4n) is 2.71. The minimum atomic E-state index is -3.48. The molecule has 0 aromatic carbocycles. The number of nitrogens with zero attached hydrogens (tertiary/aromatic N) is 3. The Labute approximate surface area is 127 Å². The van der Waals surface area contributed by atoms with Crippen LogP contribution in [-0.2, 0) is 16.6 Å². The van der Waals surface area contributed by atoms with Crippen molar-refractivity contribution in [3.05, 3.63) is 12.5 Å². The van der Waals surface area contributed by atoms with Crippen LogP contribution < -0.4 is 5.32 Å². The zero-order valence-electron chi connectivity index (χ0n) is 13.0. The first-order valence-corrected chi connectivity index (χ1v) is 9.28. The van der Waals surface area contributed by atoms with Gasteiger partial charge in [0.25, 0.3) is 10.0 Å². The highest BCUT2D eigenvalue weighted by Gasteiger charge is 2.34. The number of sulfonamides is 1. The van der Waals surface area contributed by atoms with Gasteiger partial charge >= 0.3 is 0 Å². The van der Waals surface area contributed by atoms with Crippen LogP contribution in [0.3, 0.4) is 0 Å². The molecule has 0 radical (unpaired) electrons. The summed E-state index contributed by atoms with van der Waals surface area (Å²) >= 11 is 0. The number of piperidine rings is 1. The molecule has 6 nitrogen and oxygen atoms in total. The van der Waals surface area contributed by atoms with Gasteiger partial charge in [-0.3, -0.25) is 0 Å². The van der Waals surface area contributed by atoms with Crippen LogP contribution in [0.15, 0.2) is 17.6 Å². The second-order valence-corrected chi connectivity index (χ2v) is 7.35. The fraction of sp³-hybridized carbons (Fsp3) is 0.786. The number of aryl methyl sites for hydroxylation is 1. The second kappa shape index (κ2) is 7.38. The van der Waals surface area contributed by atoms with Gasteiger partial charge in [-0.1, -0.05) is 13.3 Å². The van der Waals surface area contributed by atoms with Gasteiger partial charge in [0.2, 0.25) is 0 Å². The molecule has 7 heteroatoms. The maximum atomic E-state index is 12.8. The summed E-state index contributed by atoms with van der Waals surface area (Å²) in [6, 6.07) is 0.0436. The van der Waals surface area contributed by atoms with E-state index in [1.54, 1.807) is 21.4 Å². The first-order chi connectivity index (χ1) is 10.1. The van der Waals surface area contributed by atoms with Gasteiger partial charge in [-0.05, 0) is 32.7 Å². The Kier molecular flexibility index (Phi) is 5.78. The van der Waals surface area contributed by atoms with Crippen LogP contribution >= 0.6 is 0 Å². The van der Waals surface area contributed by atoms with Crippen molar-refractivity contribution in [3.63, 3.8) is 0 Å². The lowest BCUT2D eigenvalue weighted by molar-refractivity contribution is 0.245. The molecule has 2 heterocycles. The lowest BCUT2D eigenvalue weighted by Crippen LogP contribution is -2.48. The molecule has 1 aliphatic rings. The number of rotatable bonds is 7. The van der Waals surface area contributed by atoms with E-state index in [1.807, 2.05) is 6.92 Å². The van der Waals surface area contributed by atoms with E-state index in [0.29, 0.717) is 6.54 Å². The van der Waals surface area contributed by atoms with E-state index in [9.17, 15) is 8.42 Å². The Morgan fingerprint density at radius 2 is 2.19 bits per heavy atom. The maximum Gasteiger partial charge on any atom is 0.262 e. The minimum absolute atomic E-state index is 0.0436. The Morgan fingerprint density at radius 3 is 2.86 bits per heavy atom. The van der Waals surface area contributed by atoms with E-state index in [0.717, 1.165) is 45.3 Å². The number of hydrogen-bond donors (Lipinski definition) is 1. The van der Waals surface area contributed by atoms with E-state index in [4.69, 9.17) is 0 Å². The average molecular weight is 314 g/mol. The lowest BCUT2D eigenvalue weighted by atomic mass is 10.1. The molecule has 0 saturated carbocycles. The smallest absolute Gasteiger partial charge is 0.262 e. The van der Waals surface area contributed by atoms with Crippen LogP contribution in [0.1, 0.15) is 39.5 Å². The van der Waals surface area contributed by atoms with E-state index in [-0.39, 0.29) is 11.1 Å². The fourth-order valence-corrected chi connectivity index (χ4v) is 4.34. The molecule has 1 fully saturated rings. The Morgan fingerprint density at radius 1 is 1.38 bits per heavy atom. The number of hydrogen-bond acceptors (Lipinski definition) is 4. The van der Waals surface area contributed by atoms with E-state index < -0.39 is 10.0 Å². The van der Waals surface area contributed by atoms with E-state index in [2.05, 4.69) is 17.2 Å². The highest BCUT2D eigenvalue weighted by Crippen LogP contribution is 2.24. The molecule has 0 spiro atoms. The molecule has 1 aliphatic heterocycles.